The van der Waals surface area contributed by atoms with Crippen molar-refractivity contribution in [3.8, 4) is 0 Å². The maximum atomic E-state index is 12.9. The summed E-state index contributed by atoms with van der Waals surface area (Å²) >= 11 is 0. The van der Waals surface area contributed by atoms with Gasteiger partial charge in [0.05, 0.1) is 17.6 Å². The quantitative estimate of drug-likeness (QED) is 0.841. The number of hydrogen-bond donors (Lipinski definition) is 1. The summed E-state index contributed by atoms with van der Waals surface area (Å²) in [6.45, 7) is 4.57. The zero-order valence-electron chi connectivity index (χ0n) is 17.4. The van der Waals surface area contributed by atoms with E-state index in [-0.39, 0.29) is 24.3 Å². The molecule has 1 aromatic carbocycles. The standard InChI is InChI=1S/C23H32N4O2/c1-17-11-13-26(14-12-17)22(28)16-27-20-10-6-5-9-19(20)25-21(27)15-24-23(29)18-7-3-2-4-8-18/h5-6,9-10,17-18H,2-4,7-8,11-16H2,1H3,(H,24,29). The maximum Gasteiger partial charge on any atom is 0.242 e. The van der Waals surface area contributed by atoms with E-state index in [0.717, 1.165) is 68.5 Å². The van der Waals surface area contributed by atoms with Gasteiger partial charge in [0.25, 0.3) is 0 Å². The van der Waals surface area contributed by atoms with Crippen LogP contribution in [0.2, 0.25) is 0 Å². The molecule has 1 N–H and O–H groups in total. The number of rotatable bonds is 5. The van der Waals surface area contributed by atoms with E-state index in [1.165, 1.54) is 6.42 Å². The summed E-state index contributed by atoms with van der Waals surface area (Å²) in [7, 11) is 0. The highest BCUT2D eigenvalue weighted by Crippen LogP contribution is 2.24. The summed E-state index contributed by atoms with van der Waals surface area (Å²) in [5.41, 5.74) is 1.82. The van der Waals surface area contributed by atoms with Crippen molar-refractivity contribution >= 4 is 22.8 Å². The zero-order valence-corrected chi connectivity index (χ0v) is 17.4. The number of carbonyl (C=O) groups is 2. The average molecular weight is 397 g/mol. The number of nitrogens with zero attached hydrogens (tertiary/aromatic N) is 3. The second-order valence-corrected chi connectivity index (χ2v) is 8.72. The van der Waals surface area contributed by atoms with Gasteiger partial charge in [-0.25, -0.2) is 4.98 Å². The van der Waals surface area contributed by atoms with Gasteiger partial charge in [0.1, 0.15) is 12.4 Å². The average Bonchev–Trinajstić information content (AvgIpc) is 3.10. The Labute approximate surface area is 172 Å². The number of amides is 2. The first kappa shape index (κ1) is 19.9. The third-order valence-corrected chi connectivity index (χ3v) is 6.56. The number of fused-ring (bicyclic) bond motifs is 1. The number of aromatic nitrogens is 2. The molecule has 2 amide bonds. The molecule has 1 aliphatic heterocycles. The maximum absolute atomic E-state index is 12.9. The van der Waals surface area contributed by atoms with E-state index < -0.39 is 0 Å². The van der Waals surface area contributed by atoms with Crippen LogP contribution >= 0.6 is 0 Å². The third-order valence-electron chi connectivity index (χ3n) is 6.56. The van der Waals surface area contributed by atoms with Gasteiger partial charge >= 0.3 is 0 Å². The Bertz CT molecular complexity index is 861. The van der Waals surface area contributed by atoms with Crippen molar-refractivity contribution in [2.45, 2.75) is 65.0 Å². The molecule has 1 aliphatic carbocycles. The molecule has 0 spiro atoms. The van der Waals surface area contributed by atoms with Gasteiger partial charge in [0.2, 0.25) is 11.8 Å². The van der Waals surface area contributed by atoms with Crippen LogP contribution in [0.15, 0.2) is 24.3 Å². The Morgan fingerprint density at radius 1 is 1.07 bits per heavy atom. The topological polar surface area (TPSA) is 67.2 Å². The van der Waals surface area contributed by atoms with E-state index in [0.29, 0.717) is 12.5 Å². The Morgan fingerprint density at radius 3 is 2.55 bits per heavy atom. The number of hydrogen-bond acceptors (Lipinski definition) is 3. The number of carbonyl (C=O) groups excluding carboxylic acids is 2. The van der Waals surface area contributed by atoms with Crippen LogP contribution < -0.4 is 5.32 Å². The van der Waals surface area contributed by atoms with E-state index in [9.17, 15) is 9.59 Å². The summed E-state index contributed by atoms with van der Waals surface area (Å²) < 4.78 is 1.98. The minimum Gasteiger partial charge on any atom is -0.349 e. The van der Waals surface area contributed by atoms with Crippen LogP contribution in [0.1, 0.15) is 57.7 Å². The molecular weight excluding hydrogens is 364 g/mol. The van der Waals surface area contributed by atoms with E-state index in [1.54, 1.807) is 0 Å². The molecule has 2 aliphatic rings. The summed E-state index contributed by atoms with van der Waals surface area (Å²) in [5.74, 6) is 1.84. The van der Waals surface area contributed by atoms with Crippen LogP contribution in [0.3, 0.4) is 0 Å². The van der Waals surface area contributed by atoms with Crippen LogP contribution in [0, 0.1) is 11.8 Å². The second kappa shape index (κ2) is 8.97. The molecule has 6 heteroatoms. The second-order valence-electron chi connectivity index (χ2n) is 8.72. The van der Waals surface area contributed by atoms with Gasteiger partial charge in [0.15, 0.2) is 0 Å². The van der Waals surface area contributed by atoms with Crippen molar-refractivity contribution in [2.24, 2.45) is 11.8 Å². The van der Waals surface area contributed by atoms with E-state index in [2.05, 4.69) is 12.2 Å². The Hall–Kier alpha value is -2.37. The van der Waals surface area contributed by atoms with Crippen molar-refractivity contribution in [3.63, 3.8) is 0 Å². The molecule has 1 aromatic heterocycles. The summed E-state index contributed by atoms with van der Waals surface area (Å²) in [4.78, 5) is 32.2. The van der Waals surface area contributed by atoms with Crippen LogP contribution in [-0.2, 0) is 22.7 Å². The van der Waals surface area contributed by atoms with E-state index in [4.69, 9.17) is 4.98 Å². The molecule has 4 rings (SSSR count). The van der Waals surface area contributed by atoms with Crippen molar-refractivity contribution < 1.29 is 9.59 Å². The molecular formula is C23H32N4O2. The Morgan fingerprint density at radius 2 is 1.79 bits per heavy atom. The van der Waals surface area contributed by atoms with Crippen LogP contribution in [0.4, 0.5) is 0 Å². The SMILES string of the molecule is CC1CCN(C(=O)Cn2c(CNC(=O)C3CCCCC3)nc3ccccc32)CC1. The molecule has 1 saturated heterocycles. The summed E-state index contributed by atoms with van der Waals surface area (Å²) in [6, 6.07) is 7.89. The minimum atomic E-state index is 0.124. The lowest BCUT2D eigenvalue weighted by Crippen LogP contribution is -2.40. The van der Waals surface area contributed by atoms with Crippen molar-refractivity contribution in [2.75, 3.05) is 13.1 Å². The van der Waals surface area contributed by atoms with Crippen LogP contribution in [0.5, 0.6) is 0 Å². The predicted octanol–water partition coefficient (Wildman–Crippen LogP) is 3.49. The van der Waals surface area contributed by atoms with Gasteiger partial charge in [-0.2, -0.15) is 0 Å². The van der Waals surface area contributed by atoms with Crippen molar-refractivity contribution in [1.29, 1.82) is 0 Å². The third kappa shape index (κ3) is 4.62. The van der Waals surface area contributed by atoms with E-state index in [1.807, 2.05) is 33.7 Å². The van der Waals surface area contributed by atoms with Gasteiger partial charge in [-0.05, 0) is 43.7 Å². The largest absolute Gasteiger partial charge is 0.349 e. The van der Waals surface area contributed by atoms with Gasteiger partial charge in [-0.3, -0.25) is 9.59 Å². The zero-order chi connectivity index (χ0) is 20.2. The minimum absolute atomic E-state index is 0.124. The molecule has 2 fully saturated rings. The van der Waals surface area contributed by atoms with E-state index >= 15 is 0 Å². The number of nitrogens with one attached hydrogen (secondary N) is 1. The lowest BCUT2D eigenvalue weighted by Gasteiger charge is -2.30. The lowest BCUT2D eigenvalue weighted by atomic mass is 9.89. The van der Waals surface area contributed by atoms with Gasteiger partial charge in [-0.1, -0.05) is 38.3 Å². The first-order chi connectivity index (χ1) is 14.1. The first-order valence-corrected chi connectivity index (χ1v) is 11.1. The van der Waals surface area contributed by atoms with Crippen molar-refractivity contribution in [3.05, 3.63) is 30.1 Å². The molecule has 0 unspecified atom stereocenters. The molecule has 0 radical (unpaired) electrons. The number of para-hydroxylation sites is 2. The number of benzene rings is 1. The number of piperidine rings is 1. The fourth-order valence-electron chi connectivity index (χ4n) is 4.61. The van der Waals surface area contributed by atoms with Crippen LogP contribution in [0.25, 0.3) is 11.0 Å². The van der Waals surface area contributed by atoms with Crippen LogP contribution in [-0.4, -0.2) is 39.4 Å². The molecule has 6 nitrogen and oxygen atoms in total. The Balaban J connectivity index is 1.48. The molecule has 2 heterocycles. The number of likely N-dealkylation sites (tertiary alicyclic amines) is 1. The summed E-state index contributed by atoms with van der Waals surface area (Å²) in [6.07, 6.45) is 7.61. The lowest BCUT2D eigenvalue weighted by molar-refractivity contribution is -0.133. The van der Waals surface area contributed by atoms with Crippen molar-refractivity contribution in [1.82, 2.24) is 19.8 Å². The fourth-order valence-corrected chi connectivity index (χ4v) is 4.61. The molecule has 1 saturated carbocycles. The fraction of sp³-hybridized carbons (Fsp3) is 0.609. The molecule has 156 valence electrons. The molecule has 29 heavy (non-hydrogen) atoms. The first-order valence-electron chi connectivity index (χ1n) is 11.1. The normalized spacial score (nSPS) is 18.9. The molecule has 0 atom stereocenters. The smallest absolute Gasteiger partial charge is 0.242 e. The van der Waals surface area contributed by atoms with Gasteiger partial charge < -0.3 is 14.8 Å². The molecule has 0 bridgehead atoms. The summed E-state index contributed by atoms with van der Waals surface area (Å²) in [5, 5.41) is 3.08. The number of imidazole rings is 1. The van der Waals surface area contributed by atoms with Gasteiger partial charge in [0, 0.05) is 19.0 Å². The highest BCUT2D eigenvalue weighted by molar-refractivity contribution is 5.82. The highest BCUT2D eigenvalue weighted by atomic mass is 16.2. The predicted molar refractivity (Wildman–Crippen MR) is 113 cm³/mol. The Kier molecular flexibility index (Phi) is 6.16. The molecule has 2 aromatic rings. The van der Waals surface area contributed by atoms with Gasteiger partial charge in [-0.15, -0.1) is 0 Å². The monoisotopic (exact) mass is 396 g/mol. The highest BCUT2D eigenvalue weighted by Gasteiger charge is 2.24.